The van der Waals surface area contributed by atoms with Gasteiger partial charge in [-0.05, 0) is 51.4 Å². The minimum Gasteiger partial charge on any atom is -0.396 e. The number of Topliss-reactive ketones (excluding diaryl/α,β-unsaturated/α-hetero) is 1. The van der Waals surface area contributed by atoms with Crippen molar-refractivity contribution in [2.24, 2.45) is 0 Å². The Kier molecular flexibility index (Phi) is 15.7. The van der Waals surface area contributed by atoms with Crippen LogP contribution in [-0.4, -0.2) is 28.0 Å². The number of hydrogen-bond acceptors (Lipinski definition) is 3. The van der Waals surface area contributed by atoms with Gasteiger partial charge in [-0.1, -0.05) is 67.7 Å². The first-order valence-corrected chi connectivity index (χ1v) is 11.7. The van der Waals surface area contributed by atoms with Crippen LogP contribution in [0.2, 0.25) is 0 Å². The number of carbonyl (C=O) groups excluding carboxylic acids is 1. The average Bonchev–Trinajstić information content (AvgIpc) is 3.45. The second kappa shape index (κ2) is 17.8. The summed E-state index contributed by atoms with van der Waals surface area (Å²) in [6.07, 6.45) is 31.3. The zero-order chi connectivity index (χ0) is 20.3. The highest BCUT2D eigenvalue weighted by Gasteiger charge is 2.35. The molecule has 2 unspecified atom stereocenters. The first-order valence-electron chi connectivity index (χ1n) is 10.8. The van der Waals surface area contributed by atoms with Gasteiger partial charge in [0.2, 0.25) is 0 Å². The monoisotopic (exact) mass is 402 g/mol. The molecule has 0 aromatic heterocycles. The summed E-state index contributed by atoms with van der Waals surface area (Å²) in [4.78, 5) is 11.5. The van der Waals surface area contributed by atoms with Gasteiger partial charge >= 0.3 is 0 Å². The molecule has 1 saturated heterocycles. The van der Waals surface area contributed by atoms with Crippen LogP contribution in [0, 0.1) is 0 Å². The quantitative estimate of drug-likeness (QED) is 0.216. The summed E-state index contributed by atoms with van der Waals surface area (Å²) in [5.74, 6) is 0.250. The molecule has 2 nitrogen and oxygen atoms in total. The Morgan fingerprint density at radius 2 is 1.32 bits per heavy atom. The van der Waals surface area contributed by atoms with Crippen molar-refractivity contribution < 1.29 is 9.90 Å². The van der Waals surface area contributed by atoms with Gasteiger partial charge in [-0.15, -0.1) is 0 Å². The van der Waals surface area contributed by atoms with E-state index in [4.69, 9.17) is 5.11 Å². The third kappa shape index (κ3) is 14.7. The Balaban J connectivity index is 1.96. The standard InChI is InChI=1S/C25H38O2S/c1-2-3-4-5-6-7-8-12-15-20-24-25(28-24)21-16-13-10-9-11-14-18-23(27)19-17-22-26/h3-4,6-7,9,11-13,15-16,24-26H,2,5,8,10,14,17-22H2,1H3/b4-3-,7-6-,11-9-,15-12-,16-13-. The third-order valence-corrected chi connectivity index (χ3v) is 5.94. The number of rotatable bonds is 17. The number of carbonyl (C=O) groups is 1. The molecule has 0 aliphatic carbocycles. The lowest BCUT2D eigenvalue weighted by Crippen LogP contribution is -1.98. The smallest absolute Gasteiger partial charge is 0.133 e. The maximum absolute atomic E-state index is 11.5. The van der Waals surface area contributed by atoms with Crippen molar-refractivity contribution in [1.29, 1.82) is 0 Å². The summed E-state index contributed by atoms with van der Waals surface area (Å²) >= 11 is 2.09. The van der Waals surface area contributed by atoms with E-state index < -0.39 is 0 Å². The van der Waals surface area contributed by atoms with Crippen molar-refractivity contribution in [2.75, 3.05) is 6.61 Å². The molecule has 1 aliphatic heterocycles. The summed E-state index contributed by atoms with van der Waals surface area (Å²) in [5.41, 5.74) is 0. The molecule has 1 N–H and O–H groups in total. The van der Waals surface area contributed by atoms with E-state index in [0.717, 1.165) is 42.6 Å². The summed E-state index contributed by atoms with van der Waals surface area (Å²) in [6.45, 7) is 2.27. The molecule has 0 spiro atoms. The van der Waals surface area contributed by atoms with Crippen molar-refractivity contribution >= 4 is 17.5 Å². The fraction of sp³-hybridized carbons (Fsp3) is 0.560. The van der Waals surface area contributed by atoms with Gasteiger partial charge in [0.1, 0.15) is 5.78 Å². The number of aliphatic hydroxyl groups excluding tert-OH is 1. The molecule has 3 heteroatoms. The first kappa shape index (κ1) is 24.7. The van der Waals surface area contributed by atoms with Crippen LogP contribution in [0.1, 0.15) is 71.1 Å². The highest BCUT2D eigenvalue weighted by molar-refractivity contribution is 8.07. The van der Waals surface area contributed by atoms with Crippen LogP contribution in [0.3, 0.4) is 0 Å². The lowest BCUT2D eigenvalue weighted by atomic mass is 10.1. The minimum atomic E-state index is 0.108. The molecular weight excluding hydrogens is 364 g/mol. The molecule has 0 radical (unpaired) electrons. The largest absolute Gasteiger partial charge is 0.396 e. The van der Waals surface area contributed by atoms with Crippen molar-refractivity contribution in [3.05, 3.63) is 60.8 Å². The first-order chi connectivity index (χ1) is 13.8. The van der Waals surface area contributed by atoms with Crippen molar-refractivity contribution in [1.82, 2.24) is 0 Å². The predicted molar refractivity (Wildman–Crippen MR) is 125 cm³/mol. The Morgan fingerprint density at radius 1 is 0.786 bits per heavy atom. The topological polar surface area (TPSA) is 37.3 Å². The Hall–Kier alpha value is -1.32. The highest BCUT2D eigenvalue weighted by Crippen LogP contribution is 2.46. The Morgan fingerprint density at radius 3 is 1.89 bits per heavy atom. The van der Waals surface area contributed by atoms with E-state index in [-0.39, 0.29) is 12.4 Å². The molecule has 1 fully saturated rings. The second-order valence-electron chi connectivity index (χ2n) is 7.06. The van der Waals surface area contributed by atoms with Crippen LogP contribution in [0.5, 0.6) is 0 Å². The molecule has 1 heterocycles. The van der Waals surface area contributed by atoms with E-state index in [1.807, 2.05) is 0 Å². The molecule has 1 rings (SSSR count). The molecule has 2 atom stereocenters. The molecule has 0 aromatic rings. The predicted octanol–water partition coefficient (Wildman–Crippen LogP) is 6.73. The lowest BCUT2D eigenvalue weighted by Gasteiger charge is -1.95. The van der Waals surface area contributed by atoms with Crippen LogP contribution >= 0.6 is 11.8 Å². The van der Waals surface area contributed by atoms with Gasteiger partial charge in [-0.2, -0.15) is 11.8 Å². The molecule has 1 aliphatic rings. The fourth-order valence-electron chi connectivity index (χ4n) is 2.80. The van der Waals surface area contributed by atoms with Gasteiger partial charge in [0, 0.05) is 29.9 Å². The summed E-state index contributed by atoms with van der Waals surface area (Å²) in [5, 5.41) is 10.3. The Bertz CT molecular complexity index is 543. The van der Waals surface area contributed by atoms with Crippen molar-refractivity contribution in [3.8, 4) is 0 Å². The van der Waals surface area contributed by atoms with E-state index in [0.29, 0.717) is 19.3 Å². The maximum atomic E-state index is 11.5. The van der Waals surface area contributed by atoms with E-state index in [2.05, 4.69) is 79.4 Å². The van der Waals surface area contributed by atoms with E-state index >= 15 is 0 Å². The van der Waals surface area contributed by atoms with Crippen LogP contribution in [-0.2, 0) is 4.79 Å². The van der Waals surface area contributed by atoms with E-state index in [9.17, 15) is 4.79 Å². The summed E-state index contributed by atoms with van der Waals surface area (Å²) in [6, 6.07) is 0. The molecule has 0 saturated carbocycles. The van der Waals surface area contributed by atoms with Gasteiger partial charge in [-0.25, -0.2) is 0 Å². The zero-order valence-corrected chi connectivity index (χ0v) is 18.3. The molecule has 0 aromatic carbocycles. The molecule has 28 heavy (non-hydrogen) atoms. The number of hydrogen-bond donors (Lipinski definition) is 1. The van der Waals surface area contributed by atoms with Crippen LogP contribution in [0.25, 0.3) is 0 Å². The number of ketones is 1. The van der Waals surface area contributed by atoms with Crippen molar-refractivity contribution in [2.45, 2.75) is 81.6 Å². The van der Waals surface area contributed by atoms with Gasteiger partial charge in [0.05, 0.1) is 0 Å². The Labute approximate surface area is 176 Å². The molecule has 0 amide bonds. The van der Waals surface area contributed by atoms with Crippen LogP contribution < -0.4 is 0 Å². The van der Waals surface area contributed by atoms with Crippen molar-refractivity contribution in [3.63, 3.8) is 0 Å². The van der Waals surface area contributed by atoms with Gasteiger partial charge in [0.15, 0.2) is 0 Å². The highest BCUT2D eigenvalue weighted by atomic mass is 32.2. The number of aliphatic hydroxyl groups is 1. The lowest BCUT2D eigenvalue weighted by molar-refractivity contribution is -0.119. The van der Waals surface area contributed by atoms with Crippen LogP contribution in [0.15, 0.2) is 60.8 Å². The molecular formula is C25H38O2S. The van der Waals surface area contributed by atoms with Gasteiger partial charge in [0.25, 0.3) is 0 Å². The second-order valence-corrected chi connectivity index (χ2v) is 8.54. The van der Waals surface area contributed by atoms with Crippen LogP contribution in [0.4, 0.5) is 0 Å². The van der Waals surface area contributed by atoms with E-state index in [1.54, 1.807) is 0 Å². The SMILES string of the molecule is CC/C=C\C/C=C\C/C=C\CC1SC1C/C=C\C/C=C\CCC(=O)CCCO. The van der Waals surface area contributed by atoms with Gasteiger partial charge in [-0.3, -0.25) is 4.79 Å². The van der Waals surface area contributed by atoms with Gasteiger partial charge < -0.3 is 5.11 Å². The fourth-order valence-corrected chi connectivity index (χ4v) is 3.82. The number of thioether (sulfide) groups is 1. The maximum Gasteiger partial charge on any atom is 0.133 e. The molecule has 0 bridgehead atoms. The summed E-state index contributed by atoms with van der Waals surface area (Å²) in [7, 11) is 0. The van der Waals surface area contributed by atoms with E-state index in [1.165, 1.54) is 12.8 Å². The minimum absolute atomic E-state index is 0.108. The summed E-state index contributed by atoms with van der Waals surface area (Å²) < 4.78 is 0. The normalized spacial score (nSPS) is 19.9. The molecule has 156 valence electrons. The third-order valence-electron chi connectivity index (χ3n) is 4.51. The zero-order valence-electron chi connectivity index (χ0n) is 17.5. The number of allylic oxidation sites excluding steroid dienone is 10. The average molecular weight is 403 g/mol.